The highest BCUT2D eigenvalue weighted by Crippen LogP contribution is 2.31. The van der Waals surface area contributed by atoms with Crippen LogP contribution < -0.4 is 4.74 Å². The number of allylic oxidation sites excluding steroid dienone is 1. The third-order valence-electron chi connectivity index (χ3n) is 4.57. The first-order valence-electron chi connectivity index (χ1n) is 9.57. The highest BCUT2D eigenvalue weighted by molar-refractivity contribution is 7.98. The topological polar surface area (TPSA) is 57.2 Å². The first-order valence-corrected chi connectivity index (χ1v) is 10.9. The number of aromatic nitrogens is 5. The van der Waals surface area contributed by atoms with Gasteiger partial charge in [0, 0.05) is 24.7 Å². The Morgan fingerprint density at radius 1 is 1.27 bits per heavy atom. The molecule has 0 amide bonds. The lowest BCUT2D eigenvalue weighted by Crippen LogP contribution is -2.12. The van der Waals surface area contributed by atoms with Gasteiger partial charge in [-0.1, -0.05) is 41.6 Å². The van der Waals surface area contributed by atoms with Crippen LogP contribution in [-0.2, 0) is 12.3 Å². The van der Waals surface area contributed by atoms with Gasteiger partial charge in [0.05, 0.1) is 10.7 Å². The predicted molar refractivity (Wildman–Crippen MR) is 120 cm³/mol. The summed E-state index contributed by atoms with van der Waals surface area (Å²) in [6, 6.07) is 11.7. The minimum Gasteiger partial charge on any atom is -0.481 e. The van der Waals surface area contributed by atoms with Crippen LogP contribution in [0.1, 0.15) is 30.1 Å². The first-order chi connectivity index (χ1) is 14.5. The van der Waals surface area contributed by atoms with Crippen molar-refractivity contribution < 1.29 is 4.74 Å². The van der Waals surface area contributed by atoms with E-state index in [2.05, 4.69) is 21.8 Å². The van der Waals surface area contributed by atoms with Crippen LogP contribution in [0.3, 0.4) is 0 Å². The summed E-state index contributed by atoms with van der Waals surface area (Å²) < 4.78 is 10.1. The molecule has 1 atom stereocenters. The Hall–Kier alpha value is -2.77. The third kappa shape index (κ3) is 4.37. The molecule has 1 aromatic carbocycles. The molecule has 0 saturated heterocycles. The minimum atomic E-state index is -0.318. The van der Waals surface area contributed by atoms with Crippen molar-refractivity contribution in [2.75, 3.05) is 0 Å². The fourth-order valence-corrected chi connectivity index (χ4v) is 4.15. The van der Waals surface area contributed by atoms with Gasteiger partial charge in [0.2, 0.25) is 0 Å². The molecule has 1 unspecified atom stereocenters. The number of benzene rings is 1. The van der Waals surface area contributed by atoms with Crippen LogP contribution in [0.15, 0.2) is 66.6 Å². The van der Waals surface area contributed by atoms with E-state index in [4.69, 9.17) is 16.3 Å². The number of hydrogen-bond donors (Lipinski definition) is 0. The van der Waals surface area contributed by atoms with Gasteiger partial charge in [-0.25, -0.2) is 4.98 Å². The fraction of sp³-hybridized carbons (Fsp3) is 0.227. The number of hydrogen-bond acceptors (Lipinski definition) is 5. The summed E-state index contributed by atoms with van der Waals surface area (Å²) in [5.74, 6) is 2.05. The van der Waals surface area contributed by atoms with Gasteiger partial charge in [-0.15, -0.1) is 16.8 Å². The molecule has 0 spiro atoms. The SMILES string of the molecule is C=CCn1c(SCc2cn3ccccc3n2)nnc1C(C)Oc1cc(C)ccc1Cl. The van der Waals surface area contributed by atoms with E-state index in [1.54, 1.807) is 11.8 Å². The van der Waals surface area contributed by atoms with Crippen LogP contribution in [0.2, 0.25) is 5.02 Å². The Morgan fingerprint density at radius 2 is 2.13 bits per heavy atom. The Bertz CT molecular complexity index is 1150. The van der Waals surface area contributed by atoms with E-state index >= 15 is 0 Å². The maximum atomic E-state index is 6.29. The molecule has 8 heteroatoms. The first kappa shape index (κ1) is 20.5. The number of halogens is 1. The number of imidazole rings is 1. The average molecular weight is 440 g/mol. The largest absolute Gasteiger partial charge is 0.481 e. The molecule has 0 bridgehead atoms. The summed E-state index contributed by atoms with van der Waals surface area (Å²) in [4.78, 5) is 4.64. The van der Waals surface area contributed by atoms with Crippen LogP contribution in [0.5, 0.6) is 5.75 Å². The molecule has 0 aliphatic heterocycles. The molecule has 0 radical (unpaired) electrons. The molecule has 0 aliphatic rings. The van der Waals surface area contributed by atoms with E-state index in [0.29, 0.717) is 23.1 Å². The van der Waals surface area contributed by atoms with Crippen molar-refractivity contribution in [3.63, 3.8) is 0 Å². The molecule has 3 aromatic heterocycles. The van der Waals surface area contributed by atoms with Gasteiger partial charge in [0.15, 0.2) is 17.1 Å². The second kappa shape index (κ2) is 8.93. The van der Waals surface area contributed by atoms with Crippen molar-refractivity contribution in [3.8, 4) is 5.75 Å². The van der Waals surface area contributed by atoms with Gasteiger partial charge in [0.25, 0.3) is 0 Å². The van der Waals surface area contributed by atoms with Crippen LogP contribution in [0.25, 0.3) is 5.65 Å². The second-order valence-corrected chi connectivity index (χ2v) is 8.27. The summed E-state index contributed by atoms with van der Waals surface area (Å²) in [6.07, 6.45) is 5.53. The van der Waals surface area contributed by atoms with Gasteiger partial charge < -0.3 is 9.14 Å². The molecule has 4 rings (SSSR count). The number of aryl methyl sites for hydroxylation is 1. The van der Waals surface area contributed by atoms with E-state index in [-0.39, 0.29) is 6.10 Å². The third-order valence-corrected chi connectivity index (χ3v) is 5.89. The zero-order valence-corrected chi connectivity index (χ0v) is 18.4. The van der Waals surface area contributed by atoms with Crippen molar-refractivity contribution in [1.82, 2.24) is 24.1 Å². The van der Waals surface area contributed by atoms with Gasteiger partial charge >= 0.3 is 0 Å². The lowest BCUT2D eigenvalue weighted by atomic mass is 10.2. The summed E-state index contributed by atoms with van der Waals surface area (Å²) in [7, 11) is 0. The molecule has 6 nitrogen and oxygen atoms in total. The van der Waals surface area contributed by atoms with Crippen molar-refractivity contribution >= 4 is 29.0 Å². The van der Waals surface area contributed by atoms with Crippen LogP contribution in [0.4, 0.5) is 0 Å². The number of ether oxygens (including phenoxy) is 1. The zero-order valence-electron chi connectivity index (χ0n) is 16.8. The normalized spacial score (nSPS) is 12.2. The molecule has 0 saturated carbocycles. The fourth-order valence-electron chi connectivity index (χ4n) is 3.15. The maximum absolute atomic E-state index is 6.29. The molecular formula is C22H22ClN5OS. The molecule has 154 valence electrons. The Morgan fingerprint density at radius 3 is 2.93 bits per heavy atom. The van der Waals surface area contributed by atoms with Crippen LogP contribution in [-0.4, -0.2) is 24.1 Å². The highest BCUT2D eigenvalue weighted by Gasteiger charge is 2.20. The van der Waals surface area contributed by atoms with Crippen molar-refractivity contribution in [2.24, 2.45) is 0 Å². The van der Waals surface area contributed by atoms with Crippen molar-refractivity contribution in [3.05, 3.63) is 83.6 Å². The van der Waals surface area contributed by atoms with Crippen LogP contribution >= 0.6 is 23.4 Å². The quantitative estimate of drug-likeness (QED) is 0.268. The van der Waals surface area contributed by atoms with Gasteiger partial charge in [0.1, 0.15) is 11.4 Å². The number of rotatable bonds is 8. The smallest absolute Gasteiger partial charge is 0.192 e. The lowest BCUT2D eigenvalue weighted by molar-refractivity contribution is 0.210. The van der Waals surface area contributed by atoms with Crippen molar-refractivity contribution in [2.45, 2.75) is 37.4 Å². The summed E-state index contributed by atoms with van der Waals surface area (Å²) in [5.41, 5.74) is 2.99. The van der Waals surface area contributed by atoms with E-state index < -0.39 is 0 Å². The zero-order chi connectivity index (χ0) is 21.1. The van der Waals surface area contributed by atoms with Gasteiger partial charge in [-0.05, 0) is 43.7 Å². The average Bonchev–Trinajstić information content (AvgIpc) is 3.33. The Labute approximate surface area is 184 Å². The monoisotopic (exact) mass is 439 g/mol. The molecular weight excluding hydrogens is 418 g/mol. The van der Waals surface area contributed by atoms with Gasteiger partial charge in [-0.3, -0.25) is 4.57 Å². The molecule has 0 fully saturated rings. The van der Waals surface area contributed by atoms with Crippen LogP contribution in [0, 0.1) is 6.92 Å². The molecule has 30 heavy (non-hydrogen) atoms. The van der Waals surface area contributed by atoms with E-state index in [1.165, 1.54) is 0 Å². The highest BCUT2D eigenvalue weighted by atomic mass is 35.5. The number of pyridine rings is 1. The Balaban J connectivity index is 1.53. The van der Waals surface area contributed by atoms with Crippen molar-refractivity contribution in [1.29, 1.82) is 0 Å². The molecule has 3 heterocycles. The summed E-state index contributed by atoms with van der Waals surface area (Å²) in [6.45, 7) is 8.40. The number of thioether (sulfide) groups is 1. The maximum Gasteiger partial charge on any atom is 0.192 e. The number of nitrogens with zero attached hydrogens (tertiary/aromatic N) is 5. The summed E-state index contributed by atoms with van der Waals surface area (Å²) in [5, 5.41) is 10.1. The molecule has 4 aromatic rings. The second-order valence-electron chi connectivity index (χ2n) is 6.92. The van der Waals surface area contributed by atoms with E-state index in [9.17, 15) is 0 Å². The van der Waals surface area contributed by atoms with E-state index in [1.807, 2.05) is 77.7 Å². The number of fused-ring (bicyclic) bond motifs is 1. The molecule has 0 aliphatic carbocycles. The summed E-state index contributed by atoms with van der Waals surface area (Å²) >= 11 is 7.88. The Kier molecular flexibility index (Phi) is 6.11. The predicted octanol–water partition coefficient (Wildman–Crippen LogP) is 5.51. The molecule has 0 N–H and O–H groups in total. The standard InChI is InChI=1S/C22H22ClN5OS/c1-4-10-28-21(16(3)29-19-12-15(2)8-9-18(19)23)25-26-22(28)30-14-17-13-27-11-6-5-7-20(27)24-17/h4-9,11-13,16H,1,10,14H2,2-3H3. The van der Waals surface area contributed by atoms with Gasteiger partial charge in [-0.2, -0.15) is 0 Å². The minimum absolute atomic E-state index is 0.318. The lowest BCUT2D eigenvalue weighted by Gasteiger charge is -2.17. The van der Waals surface area contributed by atoms with E-state index in [0.717, 1.165) is 27.9 Å².